The molecule has 0 spiro atoms. The molecule has 0 unspecified atom stereocenters. The zero-order chi connectivity index (χ0) is 85.0. The summed E-state index contributed by atoms with van der Waals surface area (Å²) < 4.78 is 7.26. The van der Waals surface area contributed by atoms with Gasteiger partial charge in [0.2, 0.25) is 0 Å². The molecule has 0 amide bonds. The fraction of sp³-hybridized carbons (Fsp3) is 0.0579. The summed E-state index contributed by atoms with van der Waals surface area (Å²) in [5.74, 6) is 0. The molecule has 25 rings (SSSR count). The minimum absolute atomic E-state index is 0.0153. The summed E-state index contributed by atoms with van der Waals surface area (Å²) >= 11 is 0. The summed E-state index contributed by atoms with van der Waals surface area (Å²) in [6.45, 7) is 4.69. The van der Waals surface area contributed by atoms with E-state index in [2.05, 4.69) is 518 Å². The van der Waals surface area contributed by atoms with E-state index in [4.69, 9.17) is 0 Å². The highest BCUT2D eigenvalue weighted by atomic mass is 15.1. The van der Waals surface area contributed by atoms with Gasteiger partial charge in [0, 0.05) is 115 Å². The molecule has 3 aromatic heterocycles. The number of hydrogen-bond donors (Lipinski definition) is 0. The van der Waals surface area contributed by atoms with Crippen LogP contribution in [0, 0.1) is 0 Å². The van der Waals surface area contributed by atoms with Crippen LogP contribution in [0.1, 0.15) is 47.2 Å². The van der Waals surface area contributed by atoms with Crippen LogP contribution in [0.2, 0.25) is 0 Å². The van der Waals surface area contributed by atoms with Crippen molar-refractivity contribution in [3.8, 4) is 50.4 Å². The highest BCUT2D eigenvalue weighted by molar-refractivity contribution is 6.15. The first-order valence-corrected chi connectivity index (χ1v) is 44.0. The van der Waals surface area contributed by atoms with Crippen molar-refractivity contribution in [1.29, 1.82) is 0 Å². The number of para-hydroxylation sites is 4. The Morgan fingerprint density at radius 2 is 0.496 bits per heavy atom. The van der Waals surface area contributed by atoms with Crippen molar-refractivity contribution in [1.82, 2.24) is 13.7 Å². The van der Waals surface area contributed by atoms with Crippen molar-refractivity contribution in [2.24, 2.45) is 0 Å². The quantitative estimate of drug-likeness (QED) is 0.122. The molecule has 604 valence electrons. The van der Waals surface area contributed by atoms with Gasteiger partial charge in [0.15, 0.2) is 0 Å². The van der Waals surface area contributed by atoms with Crippen LogP contribution in [0.25, 0.3) is 148 Å². The zero-order valence-electron chi connectivity index (χ0n) is 71.5. The molecule has 0 aliphatic heterocycles. The minimum Gasteiger partial charge on any atom is -0.345 e. The van der Waals surface area contributed by atoms with Gasteiger partial charge in [-0.3, -0.25) is 0 Å². The number of hydrogen-bond acceptors (Lipinski definition) is 3. The van der Waals surface area contributed by atoms with E-state index in [0.29, 0.717) is 0 Å². The van der Waals surface area contributed by atoms with Crippen molar-refractivity contribution in [3.63, 3.8) is 0 Å². The molecule has 0 saturated heterocycles. The monoisotopic (exact) mass is 1630 g/mol. The number of nitrogens with zero attached hydrogens (tertiary/aromatic N) is 6. The number of fused-ring (bicyclic) bond motifs is 18. The average Bonchev–Trinajstić information content (AvgIpc) is 1.54. The lowest BCUT2D eigenvalue weighted by Crippen LogP contribution is -2.28. The number of rotatable bonds is 12. The largest absolute Gasteiger partial charge is 0.345 e. The lowest BCUT2D eigenvalue weighted by molar-refractivity contribution is 0.660. The van der Waals surface area contributed by atoms with Crippen molar-refractivity contribution < 1.29 is 0 Å². The molecule has 0 bridgehead atoms. The van der Waals surface area contributed by atoms with Gasteiger partial charge in [-0.2, -0.15) is 0 Å². The molecule has 0 fully saturated rings. The van der Waals surface area contributed by atoms with Gasteiger partial charge >= 0.3 is 0 Å². The second-order valence-corrected chi connectivity index (χ2v) is 34.4. The van der Waals surface area contributed by atoms with Gasteiger partial charge in [0.05, 0.1) is 55.6 Å². The summed E-state index contributed by atoms with van der Waals surface area (Å²) in [5.41, 5.74) is 33.3. The van der Waals surface area contributed by atoms with Gasteiger partial charge in [-0.25, -0.2) is 0 Å². The molecule has 2 aliphatic rings. The fourth-order valence-electron chi connectivity index (χ4n) is 21.1. The van der Waals surface area contributed by atoms with Crippen molar-refractivity contribution in [3.05, 3.63) is 488 Å². The molecule has 0 atom stereocenters. The molecule has 0 N–H and O–H groups in total. The molecule has 3 heterocycles. The number of anilines is 6. The second-order valence-electron chi connectivity index (χ2n) is 34.4. The normalized spacial score (nSPS) is 12.7. The Morgan fingerprint density at radius 1 is 0.197 bits per heavy atom. The Hall–Kier alpha value is -16.0. The van der Waals surface area contributed by atoms with E-state index in [1.165, 1.54) is 199 Å². The van der Waals surface area contributed by atoms with E-state index in [1.807, 2.05) is 0 Å². The van der Waals surface area contributed by atoms with Gasteiger partial charge in [-0.05, 0) is 199 Å². The Morgan fingerprint density at radius 3 is 0.945 bits per heavy atom. The third kappa shape index (κ3) is 12.4. The first kappa shape index (κ1) is 75.9. The van der Waals surface area contributed by atoms with Crippen molar-refractivity contribution in [2.45, 2.75) is 24.7 Å². The van der Waals surface area contributed by atoms with Gasteiger partial charge in [-0.15, -0.1) is 0 Å². The lowest BCUT2D eigenvalue weighted by atomic mass is 9.67. The summed E-state index contributed by atoms with van der Waals surface area (Å²) in [7, 11) is 6.54. The van der Waals surface area contributed by atoms with Crippen molar-refractivity contribution >= 4 is 132 Å². The molecule has 0 radical (unpaired) electrons. The van der Waals surface area contributed by atoms with Crippen LogP contribution in [0.15, 0.2) is 455 Å². The minimum atomic E-state index is -0.429. The van der Waals surface area contributed by atoms with Gasteiger partial charge < -0.3 is 28.4 Å². The molecule has 127 heavy (non-hydrogen) atoms. The molecule has 20 aromatic carbocycles. The van der Waals surface area contributed by atoms with Crippen LogP contribution >= 0.6 is 0 Å². The third-order valence-electron chi connectivity index (χ3n) is 27.3. The van der Waals surface area contributed by atoms with E-state index in [9.17, 15) is 0 Å². The molecule has 6 nitrogen and oxygen atoms in total. The lowest BCUT2D eigenvalue weighted by Gasteiger charge is -2.34. The predicted octanol–water partition coefficient (Wildman–Crippen LogP) is 31.5. The SMILES string of the molecule is CN(c1ccc2c(c1)C(C)(C)c1ccccc1-2)c1ccc2c(c1)c1ccccc1n2-c1cccc2ccccc12.CN(c1ccc2c(c1)C(c1ccccc1)(c1ccccc1)c1ccccc1-2)c1ccc2c(c1)c1ccccc1n2-c1cccc2ccccc12.CN(c1ccc2c(c1)c1ccccc1n2-c1cccc2ccccc12)c1ccccc1-c1ccccc1. The molecular formula is C121H90N6. The Bertz CT molecular complexity index is 8200. The van der Waals surface area contributed by atoms with E-state index in [0.717, 1.165) is 17.1 Å². The van der Waals surface area contributed by atoms with Crippen LogP contribution in [-0.2, 0) is 10.8 Å². The maximum atomic E-state index is 2.43. The van der Waals surface area contributed by atoms with Crippen LogP contribution < -0.4 is 14.7 Å². The summed E-state index contributed by atoms with van der Waals surface area (Å²) in [6.07, 6.45) is 0. The van der Waals surface area contributed by atoms with Crippen molar-refractivity contribution in [2.75, 3.05) is 35.8 Å². The van der Waals surface area contributed by atoms with Gasteiger partial charge in [0.25, 0.3) is 0 Å². The Balaban J connectivity index is 0.000000111. The topological polar surface area (TPSA) is 24.5 Å². The summed E-state index contributed by atoms with van der Waals surface area (Å²) in [6, 6.07) is 166. The highest BCUT2D eigenvalue weighted by Gasteiger charge is 2.46. The molecule has 2 aliphatic carbocycles. The standard InChI is InChI=1S/C48H34N2.C38H30N2.C35H26N2/c1-49(36-28-30-47-42(31-36)41-23-11-13-25-46(41)50(47)45-26-14-16-33-15-8-9-21-38(33)45)37-27-29-40-39-22-10-12-24-43(39)48(44(40)32-37,34-17-4-2-5-18-34)35-19-6-3-7-20-35;1-38(2)33-16-8-6-14-29(33)30-21-19-27(24-34(30)38)39(3)26-20-22-37-32(23-26)31-15-7-9-17-36(31)40(37)35-18-10-12-25-11-4-5-13-28(25)35;1-36(32-19-9-7-16-28(32)25-12-3-2-4-13-25)27-22-23-35-31(24-27)30-18-8-10-20-34(30)37(35)33-21-11-15-26-14-5-6-17-29(26)33/h2-32H,1H3;4-24H,1-3H3;2-24H,1H3. The van der Waals surface area contributed by atoms with Crippen LogP contribution in [0.3, 0.4) is 0 Å². The van der Waals surface area contributed by atoms with Gasteiger partial charge in [-0.1, -0.05) is 347 Å². The highest BCUT2D eigenvalue weighted by Crippen LogP contribution is 2.58. The van der Waals surface area contributed by atoms with E-state index >= 15 is 0 Å². The fourth-order valence-corrected chi connectivity index (χ4v) is 21.1. The van der Waals surface area contributed by atoms with E-state index < -0.39 is 5.41 Å². The maximum Gasteiger partial charge on any atom is 0.0714 e. The predicted molar refractivity (Wildman–Crippen MR) is 539 cm³/mol. The number of aromatic nitrogens is 3. The van der Waals surface area contributed by atoms with Crippen LogP contribution in [-0.4, -0.2) is 34.8 Å². The molecule has 0 saturated carbocycles. The zero-order valence-corrected chi connectivity index (χ0v) is 71.5. The molecular weight excluding hydrogens is 1540 g/mol. The Labute approximate surface area is 739 Å². The van der Waals surface area contributed by atoms with Crippen LogP contribution in [0.4, 0.5) is 34.1 Å². The first-order chi connectivity index (χ1) is 62.5. The third-order valence-corrected chi connectivity index (χ3v) is 27.3. The summed E-state index contributed by atoms with van der Waals surface area (Å²) in [4.78, 5) is 6.96. The second kappa shape index (κ2) is 30.8. The van der Waals surface area contributed by atoms with Crippen LogP contribution in [0.5, 0.6) is 0 Å². The van der Waals surface area contributed by atoms with E-state index in [-0.39, 0.29) is 5.41 Å². The Kier molecular flexibility index (Phi) is 18.4. The average molecular weight is 1630 g/mol. The molecule has 23 aromatic rings. The molecule has 6 heteroatoms. The summed E-state index contributed by atoms with van der Waals surface area (Å²) in [5, 5.41) is 15.1. The smallest absolute Gasteiger partial charge is 0.0714 e. The number of benzene rings is 20. The van der Waals surface area contributed by atoms with Gasteiger partial charge in [0.1, 0.15) is 0 Å². The first-order valence-electron chi connectivity index (χ1n) is 44.0. The van der Waals surface area contributed by atoms with E-state index in [1.54, 1.807) is 0 Å². The maximum absolute atomic E-state index is 2.43.